The van der Waals surface area contributed by atoms with Crippen molar-refractivity contribution >= 4 is 11.8 Å². The summed E-state index contributed by atoms with van der Waals surface area (Å²) >= 11 is 0. The van der Waals surface area contributed by atoms with E-state index in [4.69, 9.17) is 0 Å². The van der Waals surface area contributed by atoms with Gasteiger partial charge in [-0.25, -0.2) is 4.39 Å². The highest BCUT2D eigenvalue weighted by atomic mass is 19.1. The fourth-order valence-electron chi connectivity index (χ4n) is 3.01. The van der Waals surface area contributed by atoms with Gasteiger partial charge < -0.3 is 10.2 Å². The molecule has 2 heterocycles. The van der Waals surface area contributed by atoms with Crippen LogP contribution < -0.4 is 5.32 Å². The van der Waals surface area contributed by atoms with Crippen LogP contribution in [0.5, 0.6) is 0 Å². The lowest BCUT2D eigenvalue weighted by Gasteiger charge is -2.31. The Hall–Kier alpha value is -2.70. The molecule has 7 heteroatoms. The maximum absolute atomic E-state index is 13.0. The van der Waals surface area contributed by atoms with Crippen LogP contribution in [-0.2, 0) is 29.6 Å². The van der Waals surface area contributed by atoms with Crippen LogP contribution in [0.2, 0.25) is 0 Å². The molecule has 2 amide bonds. The third-order valence-corrected chi connectivity index (χ3v) is 4.22. The lowest BCUT2D eigenvalue weighted by molar-refractivity contribution is -0.133. The fraction of sp³-hybridized carbons (Fsp3) is 0.353. The number of carbonyl (C=O) groups excluding carboxylic acids is 2. The molecule has 6 nitrogen and oxygen atoms in total. The number of benzene rings is 1. The van der Waals surface area contributed by atoms with Crippen molar-refractivity contribution < 1.29 is 14.0 Å². The molecule has 1 aliphatic heterocycles. The van der Waals surface area contributed by atoms with Gasteiger partial charge in [-0.1, -0.05) is 12.1 Å². The predicted octanol–water partition coefficient (Wildman–Crippen LogP) is 0.974. The SMILES string of the molecule is CNC(=O)[C@@H]1CN(C(=O)Cc2ccc(F)cc2)Cc2cn(C)nc21. The second-order valence-electron chi connectivity index (χ2n) is 5.96. The Bertz CT molecular complexity index is 769. The number of hydrogen-bond donors (Lipinski definition) is 1. The van der Waals surface area contributed by atoms with E-state index in [1.807, 2.05) is 6.20 Å². The summed E-state index contributed by atoms with van der Waals surface area (Å²) in [6.45, 7) is 0.723. The summed E-state index contributed by atoms with van der Waals surface area (Å²) in [6.07, 6.45) is 2.01. The van der Waals surface area contributed by atoms with Crippen LogP contribution in [0.4, 0.5) is 4.39 Å². The molecular formula is C17H19FN4O2. The second kappa shape index (κ2) is 6.43. The van der Waals surface area contributed by atoms with E-state index in [1.165, 1.54) is 12.1 Å². The van der Waals surface area contributed by atoms with Crippen molar-refractivity contribution in [3.05, 3.63) is 53.1 Å². The molecular weight excluding hydrogens is 311 g/mol. The van der Waals surface area contributed by atoms with E-state index in [9.17, 15) is 14.0 Å². The lowest BCUT2D eigenvalue weighted by atomic mass is 9.95. The number of nitrogens with one attached hydrogen (secondary N) is 1. The molecule has 0 aliphatic carbocycles. The molecule has 1 aliphatic rings. The molecule has 2 aromatic rings. The van der Waals surface area contributed by atoms with Gasteiger partial charge in [-0.3, -0.25) is 14.3 Å². The van der Waals surface area contributed by atoms with Gasteiger partial charge in [0.05, 0.1) is 18.0 Å². The number of nitrogens with zero attached hydrogens (tertiary/aromatic N) is 3. The summed E-state index contributed by atoms with van der Waals surface area (Å²) in [4.78, 5) is 26.4. The van der Waals surface area contributed by atoms with Gasteiger partial charge in [0.2, 0.25) is 11.8 Å². The van der Waals surface area contributed by atoms with Gasteiger partial charge in [-0.05, 0) is 17.7 Å². The molecule has 1 aromatic heterocycles. The number of rotatable bonds is 3. The molecule has 1 N–H and O–H groups in total. The maximum Gasteiger partial charge on any atom is 0.230 e. The normalized spacial score (nSPS) is 16.6. The molecule has 0 bridgehead atoms. The van der Waals surface area contributed by atoms with Gasteiger partial charge >= 0.3 is 0 Å². The summed E-state index contributed by atoms with van der Waals surface area (Å²) < 4.78 is 14.6. The number of halogens is 1. The Morgan fingerprint density at radius 3 is 2.71 bits per heavy atom. The van der Waals surface area contributed by atoms with Crippen molar-refractivity contribution in [3.8, 4) is 0 Å². The largest absolute Gasteiger partial charge is 0.359 e. The van der Waals surface area contributed by atoms with Crippen LogP contribution in [0.25, 0.3) is 0 Å². The van der Waals surface area contributed by atoms with E-state index in [-0.39, 0.29) is 24.1 Å². The van der Waals surface area contributed by atoms with Crippen LogP contribution >= 0.6 is 0 Å². The Morgan fingerprint density at radius 2 is 2.04 bits per heavy atom. The van der Waals surface area contributed by atoms with Gasteiger partial charge in [-0.2, -0.15) is 5.10 Å². The lowest BCUT2D eigenvalue weighted by Crippen LogP contribution is -2.43. The summed E-state index contributed by atoms with van der Waals surface area (Å²) in [6, 6.07) is 5.88. The monoisotopic (exact) mass is 330 g/mol. The van der Waals surface area contributed by atoms with E-state index in [1.54, 1.807) is 35.8 Å². The highest BCUT2D eigenvalue weighted by molar-refractivity contribution is 5.86. The molecule has 0 unspecified atom stereocenters. The Kier molecular flexibility index (Phi) is 4.33. The van der Waals surface area contributed by atoms with Gasteiger partial charge in [0.1, 0.15) is 5.82 Å². The molecule has 0 radical (unpaired) electrons. The Labute approximate surface area is 139 Å². The molecule has 0 saturated heterocycles. The minimum Gasteiger partial charge on any atom is -0.359 e. The van der Waals surface area contributed by atoms with Crippen LogP contribution in [0.3, 0.4) is 0 Å². The first-order valence-electron chi connectivity index (χ1n) is 7.74. The van der Waals surface area contributed by atoms with E-state index >= 15 is 0 Å². The third kappa shape index (κ3) is 3.15. The zero-order valence-electron chi connectivity index (χ0n) is 13.6. The topological polar surface area (TPSA) is 67.2 Å². The quantitative estimate of drug-likeness (QED) is 0.912. The third-order valence-electron chi connectivity index (χ3n) is 4.22. The van der Waals surface area contributed by atoms with E-state index in [0.717, 1.165) is 16.8 Å². The average molecular weight is 330 g/mol. The second-order valence-corrected chi connectivity index (χ2v) is 5.96. The minimum atomic E-state index is -0.475. The van der Waals surface area contributed by atoms with Crippen molar-refractivity contribution in [1.29, 1.82) is 0 Å². The van der Waals surface area contributed by atoms with Crippen LogP contribution in [0.1, 0.15) is 22.7 Å². The fourth-order valence-corrected chi connectivity index (χ4v) is 3.01. The first-order valence-corrected chi connectivity index (χ1v) is 7.74. The zero-order valence-corrected chi connectivity index (χ0v) is 13.6. The summed E-state index contributed by atoms with van der Waals surface area (Å²) in [5, 5.41) is 7.00. The van der Waals surface area contributed by atoms with Crippen LogP contribution in [-0.4, -0.2) is 40.1 Å². The number of likely N-dealkylation sites (N-methyl/N-ethyl adjacent to an activating group) is 1. The highest BCUT2D eigenvalue weighted by Gasteiger charge is 2.34. The first-order chi connectivity index (χ1) is 11.5. The number of hydrogen-bond acceptors (Lipinski definition) is 3. The van der Waals surface area contributed by atoms with E-state index in [0.29, 0.717) is 13.1 Å². The minimum absolute atomic E-state index is 0.0926. The molecule has 126 valence electrons. The first kappa shape index (κ1) is 16.2. The van der Waals surface area contributed by atoms with E-state index in [2.05, 4.69) is 10.4 Å². The van der Waals surface area contributed by atoms with Crippen molar-refractivity contribution in [2.75, 3.05) is 13.6 Å². The average Bonchev–Trinajstić information content (AvgIpc) is 2.95. The maximum atomic E-state index is 13.0. The van der Waals surface area contributed by atoms with Gasteiger partial charge in [-0.15, -0.1) is 0 Å². The predicted molar refractivity (Wildman–Crippen MR) is 85.5 cm³/mol. The number of fused-ring (bicyclic) bond motifs is 1. The summed E-state index contributed by atoms with van der Waals surface area (Å²) in [7, 11) is 3.37. The Morgan fingerprint density at radius 1 is 1.33 bits per heavy atom. The number of carbonyl (C=O) groups is 2. The van der Waals surface area contributed by atoms with Crippen LogP contribution in [0.15, 0.2) is 30.5 Å². The molecule has 1 atom stereocenters. The number of aromatic nitrogens is 2. The number of aryl methyl sites for hydroxylation is 1. The van der Waals surface area contributed by atoms with Crippen molar-refractivity contribution in [1.82, 2.24) is 20.0 Å². The van der Waals surface area contributed by atoms with Gasteiger partial charge in [0.25, 0.3) is 0 Å². The smallest absolute Gasteiger partial charge is 0.230 e. The van der Waals surface area contributed by atoms with Crippen molar-refractivity contribution in [2.45, 2.75) is 18.9 Å². The summed E-state index contributed by atoms with van der Waals surface area (Å²) in [5.74, 6) is -1.06. The highest BCUT2D eigenvalue weighted by Crippen LogP contribution is 2.27. The zero-order chi connectivity index (χ0) is 17.3. The molecule has 3 rings (SSSR count). The van der Waals surface area contributed by atoms with Crippen molar-refractivity contribution in [2.24, 2.45) is 7.05 Å². The van der Waals surface area contributed by atoms with Gasteiger partial charge in [0, 0.05) is 38.9 Å². The summed E-state index contributed by atoms with van der Waals surface area (Å²) in [5.41, 5.74) is 2.35. The number of amides is 2. The standard InChI is InChI=1S/C17H19FN4O2/c1-19-17(24)14-10-22(9-12-8-21(2)20-16(12)14)15(23)7-11-3-5-13(18)6-4-11/h3-6,8,14H,7,9-10H2,1-2H3,(H,19,24)/t14-/m1/s1. The van der Waals surface area contributed by atoms with Crippen LogP contribution in [0, 0.1) is 5.82 Å². The van der Waals surface area contributed by atoms with Crippen molar-refractivity contribution in [3.63, 3.8) is 0 Å². The molecule has 24 heavy (non-hydrogen) atoms. The van der Waals surface area contributed by atoms with E-state index < -0.39 is 5.92 Å². The Balaban J connectivity index is 1.80. The molecule has 0 saturated carbocycles. The molecule has 0 spiro atoms. The molecule has 0 fully saturated rings. The van der Waals surface area contributed by atoms with Gasteiger partial charge in [0.15, 0.2) is 0 Å². The molecule has 1 aromatic carbocycles.